The van der Waals surface area contributed by atoms with Gasteiger partial charge in [-0.3, -0.25) is 0 Å². The number of aromatic nitrogens is 9. The first-order valence-corrected chi connectivity index (χ1v) is 41.8. The van der Waals surface area contributed by atoms with Gasteiger partial charge < -0.3 is 0 Å². The van der Waals surface area contributed by atoms with Crippen molar-refractivity contribution in [3.63, 3.8) is 0 Å². The fraction of sp³-hybridized carbons (Fsp3) is 0. The van der Waals surface area contributed by atoms with E-state index in [0.29, 0.717) is 52.4 Å². The number of benzene rings is 19. The van der Waals surface area contributed by atoms with Crippen molar-refractivity contribution < 1.29 is 13.2 Å². The highest BCUT2D eigenvalue weighted by atomic mass is 19.1. The van der Waals surface area contributed by atoms with Crippen molar-refractivity contribution in [3.8, 4) is 169 Å². The van der Waals surface area contributed by atoms with Crippen molar-refractivity contribution >= 4 is 43.1 Å². The first kappa shape index (κ1) is 78.6. The molecule has 0 spiro atoms. The molecule has 12 heteroatoms. The van der Waals surface area contributed by atoms with Gasteiger partial charge in [0.15, 0.2) is 52.4 Å². The Morgan fingerprint density at radius 2 is 0.299 bits per heavy atom. The molecule has 3 aromatic heterocycles. The maximum Gasteiger partial charge on any atom is 0.164 e. The monoisotopic (exact) mass is 1640 g/mol. The molecule has 0 amide bonds. The summed E-state index contributed by atoms with van der Waals surface area (Å²) in [5.74, 6) is 4.65. The average Bonchev–Trinajstić information content (AvgIpc) is 0.790. The normalized spacial score (nSPS) is 11.1. The van der Waals surface area contributed by atoms with E-state index in [9.17, 15) is 13.2 Å². The second-order valence-electron chi connectivity index (χ2n) is 30.8. The van der Waals surface area contributed by atoms with Crippen LogP contribution in [0.15, 0.2) is 449 Å². The molecule has 0 bridgehead atoms. The van der Waals surface area contributed by atoms with E-state index in [-0.39, 0.29) is 17.5 Å². The van der Waals surface area contributed by atoms with Crippen LogP contribution in [-0.4, -0.2) is 44.9 Å². The van der Waals surface area contributed by atoms with Gasteiger partial charge in [0.25, 0.3) is 0 Å². The summed E-state index contributed by atoms with van der Waals surface area (Å²) in [4.78, 5) is 44.4. The Morgan fingerprint density at radius 1 is 0.118 bits per heavy atom. The second-order valence-corrected chi connectivity index (χ2v) is 30.8. The molecule has 0 saturated carbocycles. The maximum absolute atomic E-state index is 13.6. The lowest BCUT2D eigenvalue weighted by molar-refractivity contribution is 0.627. The maximum atomic E-state index is 13.6. The highest BCUT2D eigenvalue weighted by Crippen LogP contribution is 2.38. The highest BCUT2D eigenvalue weighted by molar-refractivity contribution is 5.98. The van der Waals surface area contributed by atoms with Crippen LogP contribution in [0.2, 0.25) is 0 Å². The van der Waals surface area contributed by atoms with Gasteiger partial charge in [0.05, 0.1) is 0 Å². The van der Waals surface area contributed by atoms with Gasteiger partial charge in [-0.2, -0.15) is 0 Å². The molecule has 3 heterocycles. The van der Waals surface area contributed by atoms with E-state index in [1.165, 1.54) is 47.2 Å². The lowest BCUT2D eigenvalue weighted by Crippen LogP contribution is -2.01. The third-order valence-corrected chi connectivity index (χ3v) is 22.7. The fourth-order valence-electron chi connectivity index (χ4n) is 15.9. The standard InChI is InChI=1S/2C41H26FN3.C33H22FN3/c42-34-25-23-30(24-26-34)28-17-15-27(16-18-28)29-19-21-33(22-20-29)39-43-40(37-13-5-9-31-7-1-3-11-35(31)37)45-41(44-39)38-14-6-10-32-8-2-4-12-36(32)38;42-38-23-21-32(22-24-38)30-11-9-29(10-12-30)31-13-17-33(18-14-31)39-43-40(36-19-15-27-5-1-3-7-34(27)25-36)45-41(44-39)37-20-16-28-6-2-4-8-35(28)26-37;34-30-21-19-29(20-22-30)33-36-31(27-15-11-25(12-16-27)23-7-3-1-4-8-23)35-32(37-33)28-17-13-26(14-18-28)24-9-5-2-6-10-24/h2*1-26H;1-22H. The topological polar surface area (TPSA) is 116 Å². The van der Waals surface area contributed by atoms with Crippen molar-refractivity contribution in [2.24, 2.45) is 0 Å². The molecule has 0 fully saturated rings. The average molecular weight is 1640 g/mol. The van der Waals surface area contributed by atoms with Crippen molar-refractivity contribution in [1.82, 2.24) is 44.9 Å². The third kappa shape index (κ3) is 17.5. The Labute approximate surface area is 732 Å². The first-order chi connectivity index (χ1) is 62.6. The van der Waals surface area contributed by atoms with Crippen LogP contribution in [0, 0.1) is 17.5 Å². The van der Waals surface area contributed by atoms with Crippen molar-refractivity contribution in [2.75, 3.05) is 0 Å². The zero-order valence-corrected chi connectivity index (χ0v) is 68.4. The van der Waals surface area contributed by atoms with Gasteiger partial charge in [0, 0.05) is 50.1 Å². The Bertz CT molecular complexity index is 7400. The molecule has 0 radical (unpaired) electrons. The molecule has 19 aromatic carbocycles. The van der Waals surface area contributed by atoms with Crippen molar-refractivity contribution in [3.05, 3.63) is 466 Å². The minimum atomic E-state index is -0.300. The zero-order chi connectivity index (χ0) is 85.4. The first-order valence-electron chi connectivity index (χ1n) is 41.8. The van der Waals surface area contributed by atoms with E-state index in [0.717, 1.165) is 149 Å². The van der Waals surface area contributed by atoms with Gasteiger partial charge in [-0.15, -0.1) is 0 Å². The van der Waals surface area contributed by atoms with E-state index in [1.807, 2.05) is 109 Å². The van der Waals surface area contributed by atoms with E-state index < -0.39 is 0 Å². The number of fused-ring (bicyclic) bond motifs is 4. The van der Waals surface area contributed by atoms with Gasteiger partial charge >= 0.3 is 0 Å². The van der Waals surface area contributed by atoms with Crippen LogP contribution >= 0.6 is 0 Å². The van der Waals surface area contributed by atoms with Crippen LogP contribution < -0.4 is 0 Å². The van der Waals surface area contributed by atoms with Crippen LogP contribution in [0.3, 0.4) is 0 Å². The van der Waals surface area contributed by atoms with E-state index >= 15 is 0 Å². The third-order valence-electron chi connectivity index (χ3n) is 22.7. The summed E-state index contributed by atoms with van der Waals surface area (Å²) in [7, 11) is 0. The van der Waals surface area contributed by atoms with Crippen molar-refractivity contribution in [1.29, 1.82) is 0 Å². The zero-order valence-electron chi connectivity index (χ0n) is 68.4. The lowest BCUT2D eigenvalue weighted by Gasteiger charge is -2.12. The summed E-state index contributed by atoms with van der Waals surface area (Å²) in [6, 6.07) is 148. The van der Waals surface area contributed by atoms with E-state index in [4.69, 9.17) is 44.9 Å². The van der Waals surface area contributed by atoms with Crippen LogP contribution in [-0.2, 0) is 0 Å². The van der Waals surface area contributed by atoms with E-state index in [1.54, 1.807) is 36.4 Å². The highest BCUT2D eigenvalue weighted by Gasteiger charge is 2.20. The minimum absolute atomic E-state index is 0.234. The Kier molecular flexibility index (Phi) is 22.0. The summed E-state index contributed by atoms with van der Waals surface area (Å²) in [6.07, 6.45) is 0. The molecule has 22 aromatic rings. The summed E-state index contributed by atoms with van der Waals surface area (Å²) < 4.78 is 40.3. The molecule has 0 atom stereocenters. The quantitative estimate of drug-likeness (QED) is 0.0989. The molecule has 0 aliphatic heterocycles. The van der Waals surface area contributed by atoms with Crippen molar-refractivity contribution in [2.45, 2.75) is 0 Å². The number of rotatable bonds is 15. The molecule has 127 heavy (non-hydrogen) atoms. The molecule has 0 N–H and O–H groups in total. The van der Waals surface area contributed by atoms with Gasteiger partial charge in [-0.25, -0.2) is 58.0 Å². The largest absolute Gasteiger partial charge is 0.208 e. The smallest absolute Gasteiger partial charge is 0.164 e. The number of hydrogen-bond acceptors (Lipinski definition) is 9. The summed E-state index contributed by atoms with van der Waals surface area (Å²) in [5, 5.41) is 9.09. The fourth-order valence-corrected chi connectivity index (χ4v) is 15.9. The van der Waals surface area contributed by atoms with E-state index in [2.05, 4.69) is 267 Å². The van der Waals surface area contributed by atoms with Crippen LogP contribution in [0.1, 0.15) is 0 Å². The molecule has 22 rings (SSSR count). The summed E-state index contributed by atoms with van der Waals surface area (Å²) in [5.41, 5.74) is 21.1. The second kappa shape index (κ2) is 35.6. The predicted octanol–water partition coefficient (Wildman–Crippen LogP) is 29.6. The minimum Gasteiger partial charge on any atom is -0.208 e. The number of halogens is 3. The molecule has 0 aliphatic rings. The van der Waals surface area contributed by atoms with Gasteiger partial charge in [-0.05, 0) is 171 Å². The van der Waals surface area contributed by atoms with Gasteiger partial charge in [-0.1, -0.05) is 388 Å². The molecule has 0 aliphatic carbocycles. The van der Waals surface area contributed by atoms with Gasteiger partial charge in [0.1, 0.15) is 17.5 Å². The Morgan fingerprint density at radius 3 is 0.583 bits per heavy atom. The molecular weight excluding hydrogens is 1560 g/mol. The number of hydrogen-bond donors (Lipinski definition) is 0. The molecule has 0 saturated heterocycles. The number of nitrogens with zero attached hydrogens (tertiary/aromatic N) is 9. The lowest BCUT2D eigenvalue weighted by atomic mass is 9.99. The molecule has 0 unspecified atom stereocenters. The summed E-state index contributed by atoms with van der Waals surface area (Å²) in [6.45, 7) is 0. The predicted molar refractivity (Wildman–Crippen MR) is 511 cm³/mol. The Balaban J connectivity index is 0.000000121. The van der Waals surface area contributed by atoms with Crippen LogP contribution in [0.25, 0.3) is 212 Å². The van der Waals surface area contributed by atoms with Gasteiger partial charge in [0.2, 0.25) is 0 Å². The molecule has 600 valence electrons. The SMILES string of the molecule is Fc1ccc(-c2ccc(-c3ccc(-c4nc(-c5ccc6ccccc6c5)nc(-c5ccc6ccccc6c5)n4)cc3)cc2)cc1.Fc1ccc(-c2ccc(-c3ccc(-c4nc(-c5cccc6ccccc56)nc(-c5cccc6ccccc56)n4)cc3)cc2)cc1.Fc1ccc(-c2nc(-c3ccc(-c4ccccc4)cc3)nc(-c3ccc(-c4ccccc4)cc3)n2)cc1. The van der Waals surface area contributed by atoms with Crippen LogP contribution in [0.4, 0.5) is 13.2 Å². The molecular formula is C115H74F3N9. The molecule has 9 nitrogen and oxygen atoms in total. The summed E-state index contributed by atoms with van der Waals surface area (Å²) >= 11 is 0. The van der Waals surface area contributed by atoms with Crippen LogP contribution in [0.5, 0.6) is 0 Å². The Hall–Kier alpha value is -17.0.